The van der Waals surface area contributed by atoms with E-state index >= 15 is 0 Å². The average molecular weight is 267 g/mol. The maximum absolute atomic E-state index is 5.79. The Bertz CT molecular complexity index is 726. The number of hydrogen-bond acceptors (Lipinski definition) is 3. The zero-order valence-electron chi connectivity index (χ0n) is 11.9. The molecule has 1 heterocycles. The fraction of sp³-hybridized carbons (Fsp3) is 0.235. The van der Waals surface area contributed by atoms with Crippen molar-refractivity contribution >= 4 is 11.1 Å². The van der Waals surface area contributed by atoms with E-state index in [-0.39, 0.29) is 0 Å². The van der Waals surface area contributed by atoms with Crippen molar-refractivity contribution in [3.05, 3.63) is 48.0 Å². The Labute approximate surface area is 118 Å². The fourth-order valence-corrected chi connectivity index (χ4v) is 2.17. The normalized spacial score (nSPS) is 11.2. The Morgan fingerprint density at radius 3 is 2.45 bits per heavy atom. The first-order chi connectivity index (χ1) is 9.67. The van der Waals surface area contributed by atoms with Crippen molar-refractivity contribution in [1.29, 1.82) is 0 Å². The third-order valence-electron chi connectivity index (χ3n) is 3.42. The van der Waals surface area contributed by atoms with Crippen LogP contribution in [-0.2, 0) is 0 Å². The first-order valence-electron chi connectivity index (χ1n) is 6.72. The summed E-state index contributed by atoms with van der Waals surface area (Å²) in [4.78, 5) is 4.52. The van der Waals surface area contributed by atoms with E-state index < -0.39 is 0 Å². The summed E-state index contributed by atoms with van der Waals surface area (Å²) in [6.07, 6.45) is 0. The highest BCUT2D eigenvalue weighted by Crippen LogP contribution is 2.27. The molecule has 1 aromatic heterocycles. The lowest BCUT2D eigenvalue weighted by molar-refractivity contribution is 0.415. The molecule has 3 rings (SSSR count). The number of fused-ring (bicyclic) bond motifs is 1. The maximum atomic E-state index is 5.79. The van der Waals surface area contributed by atoms with Crippen molar-refractivity contribution in [2.24, 2.45) is 0 Å². The number of oxazole rings is 1. The average Bonchev–Trinajstić information content (AvgIpc) is 2.90. The smallest absolute Gasteiger partial charge is 0.227 e. The molecule has 0 radical (unpaired) electrons. The van der Waals surface area contributed by atoms with Crippen molar-refractivity contribution < 1.29 is 9.15 Å². The predicted octanol–water partition coefficient (Wildman–Crippen LogP) is 4.63. The van der Waals surface area contributed by atoms with Gasteiger partial charge in [0.15, 0.2) is 5.58 Å². The van der Waals surface area contributed by atoms with E-state index in [2.05, 4.69) is 43.1 Å². The van der Waals surface area contributed by atoms with Gasteiger partial charge < -0.3 is 9.15 Å². The minimum absolute atomic E-state index is 0.525. The molecule has 0 aliphatic rings. The molecule has 2 aromatic carbocycles. The number of ether oxygens (including phenoxy) is 1. The van der Waals surface area contributed by atoms with E-state index in [0.717, 1.165) is 22.4 Å². The zero-order valence-corrected chi connectivity index (χ0v) is 11.9. The van der Waals surface area contributed by atoms with E-state index in [0.29, 0.717) is 11.8 Å². The van der Waals surface area contributed by atoms with Gasteiger partial charge in [0.05, 0.1) is 7.11 Å². The van der Waals surface area contributed by atoms with Gasteiger partial charge in [0.25, 0.3) is 0 Å². The molecule has 0 saturated heterocycles. The first kappa shape index (κ1) is 12.7. The summed E-state index contributed by atoms with van der Waals surface area (Å²) in [7, 11) is 1.65. The maximum Gasteiger partial charge on any atom is 0.227 e. The molecule has 0 spiro atoms. The molecule has 102 valence electrons. The summed E-state index contributed by atoms with van der Waals surface area (Å²) in [5.74, 6) is 1.95. The van der Waals surface area contributed by atoms with Crippen LogP contribution in [0.4, 0.5) is 0 Å². The van der Waals surface area contributed by atoms with E-state index in [1.54, 1.807) is 7.11 Å². The monoisotopic (exact) mass is 267 g/mol. The lowest BCUT2D eigenvalue weighted by Crippen LogP contribution is -1.86. The van der Waals surface area contributed by atoms with Crippen molar-refractivity contribution in [2.75, 3.05) is 7.11 Å². The molecule has 0 fully saturated rings. The molecule has 0 bridgehead atoms. The fourth-order valence-electron chi connectivity index (χ4n) is 2.17. The van der Waals surface area contributed by atoms with Crippen LogP contribution in [0.5, 0.6) is 5.75 Å². The molecule has 0 N–H and O–H groups in total. The topological polar surface area (TPSA) is 35.3 Å². The van der Waals surface area contributed by atoms with Crippen LogP contribution < -0.4 is 4.74 Å². The molecule has 0 aliphatic carbocycles. The Kier molecular flexibility index (Phi) is 3.18. The quantitative estimate of drug-likeness (QED) is 0.694. The van der Waals surface area contributed by atoms with E-state index in [4.69, 9.17) is 9.15 Å². The molecule has 3 heteroatoms. The van der Waals surface area contributed by atoms with Gasteiger partial charge >= 0.3 is 0 Å². The second-order valence-corrected chi connectivity index (χ2v) is 5.13. The Balaban J connectivity index is 2.01. The lowest BCUT2D eigenvalue weighted by Gasteiger charge is -2.04. The van der Waals surface area contributed by atoms with Crippen molar-refractivity contribution in [3.63, 3.8) is 0 Å². The standard InChI is InChI=1S/C17H17NO2/c1-11(2)12-4-6-13(7-5-12)17-18-15-10-14(19-3)8-9-16(15)20-17/h4-11H,1-3H3. The van der Waals surface area contributed by atoms with E-state index in [1.807, 2.05) is 18.2 Å². The minimum Gasteiger partial charge on any atom is -0.497 e. The third kappa shape index (κ3) is 2.27. The van der Waals surface area contributed by atoms with Crippen LogP contribution in [0.25, 0.3) is 22.6 Å². The number of nitrogens with zero attached hydrogens (tertiary/aromatic N) is 1. The summed E-state index contributed by atoms with van der Waals surface area (Å²) < 4.78 is 11.0. The predicted molar refractivity (Wildman–Crippen MR) is 80.1 cm³/mol. The van der Waals surface area contributed by atoms with Gasteiger partial charge in [0.2, 0.25) is 5.89 Å². The highest BCUT2D eigenvalue weighted by atomic mass is 16.5. The van der Waals surface area contributed by atoms with Crippen LogP contribution in [0.2, 0.25) is 0 Å². The molecule has 0 unspecified atom stereocenters. The van der Waals surface area contributed by atoms with Crippen LogP contribution in [0, 0.1) is 0 Å². The van der Waals surface area contributed by atoms with Crippen LogP contribution in [0.15, 0.2) is 46.9 Å². The van der Waals surface area contributed by atoms with Gasteiger partial charge in [-0.2, -0.15) is 0 Å². The van der Waals surface area contributed by atoms with Gasteiger partial charge in [-0.3, -0.25) is 0 Å². The lowest BCUT2D eigenvalue weighted by atomic mass is 10.0. The largest absolute Gasteiger partial charge is 0.497 e. The first-order valence-corrected chi connectivity index (χ1v) is 6.72. The molecule has 0 saturated carbocycles. The second kappa shape index (κ2) is 5.00. The van der Waals surface area contributed by atoms with Crippen molar-refractivity contribution in [1.82, 2.24) is 4.98 Å². The van der Waals surface area contributed by atoms with E-state index in [9.17, 15) is 0 Å². The summed E-state index contributed by atoms with van der Waals surface area (Å²) in [6, 6.07) is 14.0. The summed E-state index contributed by atoms with van der Waals surface area (Å²) in [5.41, 5.74) is 3.89. The Morgan fingerprint density at radius 2 is 1.80 bits per heavy atom. The number of aromatic nitrogens is 1. The van der Waals surface area contributed by atoms with Crippen molar-refractivity contribution in [2.45, 2.75) is 19.8 Å². The summed E-state index contributed by atoms with van der Waals surface area (Å²) in [6.45, 7) is 4.36. The molecule has 0 aliphatic heterocycles. The number of hydrogen-bond donors (Lipinski definition) is 0. The highest BCUT2D eigenvalue weighted by molar-refractivity contribution is 5.77. The molecular formula is C17H17NO2. The van der Waals surface area contributed by atoms with Crippen LogP contribution in [0.1, 0.15) is 25.3 Å². The van der Waals surface area contributed by atoms with E-state index in [1.165, 1.54) is 5.56 Å². The molecule has 3 aromatic rings. The minimum atomic E-state index is 0.525. The summed E-state index contributed by atoms with van der Waals surface area (Å²) >= 11 is 0. The molecular weight excluding hydrogens is 250 g/mol. The number of methoxy groups -OCH3 is 1. The molecule has 0 amide bonds. The van der Waals surface area contributed by atoms with Crippen LogP contribution >= 0.6 is 0 Å². The van der Waals surface area contributed by atoms with Gasteiger partial charge in [-0.25, -0.2) is 4.98 Å². The van der Waals surface area contributed by atoms with Crippen LogP contribution in [-0.4, -0.2) is 12.1 Å². The number of benzene rings is 2. The second-order valence-electron chi connectivity index (χ2n) is 5.13. The molecule has 0 atom stereocenters. The number of rotatable bonds is 3. The Hall–Kier alpha value is -2.29. The Morgan fingerprint density at radius 1 is 1.05 bits per heavy atom. The highest BCUT2D eigenvalue weighted by Gasteiger charge is 2.09. The van der Waals surface area contributed by atoms with Gasteiger partial charge in [-0.15, -0.1) is 0 Å². The SMILES string of the molecule is COc1ccc2oc(-c3ccc(C(C)C)cc3)nc2c1. The van der Waals surface area contributed by atoms with Crippen molar-refractivity contribution in [3.8, 4) is 17.2 Å². The van der Waals surface area contributed by atoms with Crippen LogP contribution in [0.3, 0.4) is 0 Å². The van der Waals surface area contributed by atoms with Gasteiger partial charge in [-0.1, -0.05) is 26.0 Å². The summed E-state index contributed by atoms with van der Waals surface area (Å²) in [5, 5.41) is 0. The molecule has 3 nitrogen and oxygen atoms in total. The molecule has 20 heavy (non-hydrogen) atoms. The van der Waals surface area contributed by atoms with Gasteiger partial charge in [0, 0.05) is 11.6 Å². The van der Waals surface area contributed by atoms with Gasteiger partial charge in [0.1, 0.15) is 11.3 Å². The third-order valence-corrected chi connectivity index (χ3v) is 3.42. The van der Waals surface area contributed by atoms with Gasteiger partial charge in [-0.05, 0) is 35.7 Å². The zero-order chi connectivity index (χ0) is 14.1.